The molecule has 6 heteroatoms. The molecule has 2 aliphatic rings. The van der Waals surface area contributed by atoms with E-state index in [1.165, 1.54) is 0 Å². The third-order valence-corrected chi connectivity index (χ3v) is 6.77. The summed E-state index contributed by atoms with van der Waals surface area (Å²) >= 11 is 0. The number of ether oxygens (including phenoxy) is 2. The summed E-state index contributed by atoms with van der Waals surface area (Å²) in [5.74, 6) is 0.952. The summed E-state index contributed by atoms with van der Waals surface area (Å²) < 4.78 is 14.6. The fraction of sp³-hybridized carbons (Fsp3) is 0.458. The van der Waals surface area contributed by atoms with Crippen LogP contribution in [0.4, 0.5) is 0 Å². The number of hydrogen-bond acceptors (Lipinski definition) is 4. The molecule has 0 radical (unpaired) electrons. The number of piperidine rings is 1. The molecule has 1 spiro atoms. The monoisotopic (exact) mass is 407 g/mol. The first kappa shape index (κ1) is 19.4. The van der Waals surface area contributed by atoms with Gasteiger partial charge in [-0.2, -0.15) is 0 Å². The molecule has 0 saturated carbocycles. The molecule has 1 atom stereocenters. The molecule has 158 valence electrons. The van der Waals surface area contributed by atoms with Crippen molar-refractivity contribution in [2.45, 2.75) is 51.0 Å². The Hall–Kier alpha value is -2.57. The molecule has 0 bridgehead atoms. The molecule has 1 saturated heterocycles. The summed E-state index contributed by atoms with van der Waals surface area (Å²) in [6.07, 6.45) is 2.92. The van der Waals surface area contributed by atoms with E-state index in [-0.39, 0.29) is 17.4 Å². The summed E-state index contributed by atoms with van der Waals surface area (Å²) in [4.78, 5) is 17.7. The first-order chi connectivity index (χ1) is 14.6. The maximum absolute atomic E-state index is 12.2. The van der Waals surface area contributed by atoms with Crippen molar-refractivity contribution in [1.82, 2.24) is 14.5 Å². The van der Waals surface area contributed by atoms with Gasteiger partial charge in [0.2, 0.25) is 0 Å². The van der Waals surface area contributed by atoms with Gasteiger partial charge in [0.25, 0.3) is 0 Å². The fourth-order valence-corrected chi connectivity index (χ4v) is 4.86. The summed E-state index contributed by atoms with van der Waals surface area (Å²) in [6, 6.07) is 16.1. The van der Waals surface area contributed by atoms with Crippen molar-refractivity contribution in [2.24, 2.45) is 0 Å². The minimum atomic E-state index is -0.219. The Morgan fingerprint density at radius 2 is 1.83 bits per heavy atom. The quantitative estimate of drug-likeness (QED) is 0.719. The normalized spacial score (nSPS) is 21.3. The van der Waals surface area contributed by atoms with E-state index in [0.717, 1.165) is 67.8 Å². The molecule has 1 aromatic heterocycles. The molecule has 1 unspecified atom stereocenters. The van der Waals surface area contributed by atoms with Gasteiger partial charge in [-0.15, -0.1) is 0 Å². The van der Waals surface area contributed by atoms with Crippen LogP contribution in [-0.2, 0) is 17.9 Å². The van der Waals surface area contributed by atoms with Crippen LogP contribution in [0.25, 0.3) is 11.0 Å². The van der Waals surface area contributed by atoms with Gasteiger partial charge in [-0.05, 0) is 50.9 Å². The second-order valence-corrected chi connectivity index (χ2v) is 8.52. The number of nitrogens with one attached hydrogen (secondary N) is 1. The molecule has 3 aromatic rings. The highest BCUT2D eigenvalue weighted by Crippen LogP contribution is 2.37. The number of likely N-dealkylation sites (tertiary alicyclic amines) is 1. The summed E-state index contributed by atoms with van der Waals surface area (Å²) in [6.45, 7) is 6.46. The Morgan fingerprint density at radius 3 is 2.70 bits per heavy atom. The van der Waals surface area contributed by atoms with Crippen molar-refractivity contribution in [3.8, 4) is 5.75 Å². The third-order valence-electron chi connectivity index (χ3n) is 6.77. The molecular weight excluding hydrogens is 378 g/mol. The highest BCUT2D eigenvalue weighted by atomic mass is 16.6. The molecule has 5 rings (SSSR count). The van der Waals surface area contributed by atoms with Gasteiger partial charge in [0.15, 0.2) is 0 Å². The molecule has 30 heavy (non-hydrogen) atoms. The average Bonchev–Trinajstić information content (AvgIpc) is 3.02. The molecule has 0 amide bonds. The predicted molar refractivity (Wildman–Crippen MR) is 117 cm³/mol. The predicted octanol–water partition coefficient (Wildman–Crippen LogP) is 3.55. The van der Waals surface area contributed by atoms with Crippen molar-refractivity contribution < 1.29 is 9.47 Å². The Balaban J connectivity index is 1.17. The number of rotatable bonds is 4. The number of para-hydroxylation sites is 3. The Labute approximate surface area is 176 Å². The summed E-state index contributed by atoms with van der Waals surface area (Å²) in [7, 11) is 0. The number of imidazole rings is 1. The number of aryl methyl sites for hydroxylation is 1. The minimum Gasteiger partial charge on any atom is -0.487 e. The maximum atomic E-state index is 12.2. The van der Waals surface area contributed by atoms with E-state index in [4.69, 9.17) is 9.47 Å². The van der Waals surface area contributed by atoms with Crippen LogP contribution in [0.3, 0.4) is 0 Å². The first-order valence-corrected chi connectivity index (χ1v) is 10.9. The van der Waals surface area contributed by atoms with Gasteiger partial charge in [0, 0.05) is 25.2 Å². The standard InChI is InChI=1S/C24H29N3O3/c1-18-24(29-17-19-7-2-5-10-22(19)30-18)11-15-26(16-12-24)13-6-14-27-21-9-4-3-8-20(21)25-23(27)28/h2-5,7-10,18H,6,11-17H2,1H3,(H,25,28). The molecule has 3 heterocycles. The molecule has 6 nitrogen and oxygen atoms in total. The van der Waals surface area contributed by atoms with Crippen LogP contribution in [0.2, 0.25) is 0 Å². The minimum absolute atomic E-state index is 0.0220. The summed E-state index contributed by atoms with van der Waals surface area (Å²) in [5, 5.41) is 0. The van der Waals surface area contributed by atoms with Crippen LogP contribution < -0.4 is 10.4 Å². The molecule has 0 aliphatic carbocycles. The Kier molecular flexibility index (Phi) is 5.13. The smallest absolute Gasteiger partial charge is 0.326 e. The SMILES string of the molecule is CC1Oc2ccccc2COC12CCN(CCCn1c(=O)[nH]c3ccccc31)CC2. The number of aromatic nitrogens is 2. The first-order valence-electron chi connectivity index (χ1n) is 10.9. The largest absolute Gasteiger partial charge is 0.487 e. The van der Waals surface area contributed by atoms with Gasteiger partial charge in [-0.25, -0.2) is 4.79 Å². The van der Waals surface area contributed by atoms with Gasteiger partial charge >= 0.3 is 5.69 Å². The summed E-state index contributed by atoms with van der Waals surface area (Å²) in [5.41, 5.74) is 2.78. The van der Waals surface area contributed by atoms with E-state index in [1.807, 2.05) is 47.0 Å². The lowest BCUT2D eigenvalue weighted by atomic mass is 9.86. The lowest BCUT2D eigenvalue weighted by molar-refractivity contribution is -0.136. The number of aromatic amines is 1. The Bertz CT molecular complexity index is 1080. The van der Waals surface area contributed by atoms with Crippen molar-refractivity contribution in [2.75, 3.05) is 19.6 Å². The van der Waals surface area contributed by atoms with Crippen LogP contribution in [0.1, 0.15) is 31.7 Å². The number of benzene rings is 2. The van der Waals surface area contributed by atoms with Gasteiger partial charge in [0.1, 0.15) is 17.5 Å². The topological polar surface area (TPSA) is 59.5 Å². The van der Waals surface area contributed by atoms with Crippen LogP contribution in [0.15, 0.2) is 53.3 Å². The van der Waals surface area contributed by atoms with Gasteiger partial charge in [-0.1, -0.05) is 30.3 Å². The fourth-order valence-electron chi connectivity index (χ4n) is 4.86. The van der Waals surface area contributed by atoms with Crippen molar-refractivity contribution in [3.63, 3.8) is 0 Å². The highest BCUT2D eigenvalue weighted by Gasteiger charge is 2.43. The van der Waals surface area contributed by atoms with Gasteiger partial charge in [-0.3, -0.25) is 4.57 Å². The second kappa shape index (κ2) is 7.93. The number of hydrogen-bond donors (Lipinski definition) is 1. The number of fused-ring (bicyclic) bond motifs is 2. The van der Waals surface area contributed by atoms with Gasteiger partial charge in [0.05, 0.1) is 17.6 Å². The van der Waals surface area contributed by atoms with E-state index < -0.39 is 0 Å². The van der Waals surface area contributed by atoms with Gasteiger partial charge < -0.3 is 19.4 Å². The van der Waals surface area contributed by atoms with E-state index in [9.17, 15) is 4.79 Å². The third kappa shape index (κ3) is 3.55. The lowest BCUT2D eigenvalue weighted by Crippen LogP contribution is -2.53. The zero-order valence-corrected chi connectivity index (χ0v) is 17.5. The van der Waals surface area contributed by atoms with Crippen LogP contribution in [0, 0.1) is 0 Å². The van der Waals surface area contributed by atoms with E-state index >= 15 is 0 Å². The second-order valence-electron chi connectivity index (χ2n) is 8.52. The zero-order chi connectivity index (χ0) is 20.6. The van der Waals surface area contributed by atoms with Crippen molar-refractivity contribution in [1.29, 1.82) is 0 Å². The Morgan fingerprint density at radius 1 is 1.07 bits per heavy atom. The molecular formula is C24H29N3O3. The van der Waals surface area contributed by atoms with Crippen LogP contribution >= 0.6 is 0 Å². The average molecular weight is 408 g/mol. The number of H-pyrrole nitrogens is 1. The maximum Gasteiger partial charge on any atom is 0.326 e. The van der Waals surface area contributed by atoms with Crippen LogP contribution in [-0.4, -0.2) is 45.8 Å². The molecule has 2 aromatic carbocycles. The molecule has 1 N–H and O–H groups in total. The van der Waals surface area contributed by atoms with E-state index in [2.05, 4.69) is 22.9 Å². The van der Waals surface area contributed by atoms with Crippen LogP contribution in [0.5, 0.6) is 5.75 Å². The molecule has 2 aliphatic heterocycles. The molecule has 1 fully saturated rings. The van der Waals surface area contributed by atoms with Crippen molar-refractivity contribution in [3.05, 3.63) is 64.6 Å². The van der Waals surface area contributed by atoms with Crippen molar-refractivity contribution >= 4 is 11.0 Å². The lowest BCUT2D eigenvalue weighted by Gasteiger charge is -2.43. The van der Waals surface area contributed by atoms with E-state index in [1.54, 1.807) is 0 Å². The zero-order valence-electron chi connectivity index (χ0n) is 17.5. The number of nitrogens with zero attached hydrogens (tertiary/aromatic N) is 2. The van der Waals surface area contributed by atoms with E-state index in [0.29, 0.717) is 6.61 Å². The highest BCUT2D eigenvalue weighted by molar-refractivity contribution is 5.74.